The standard InChI is InChI=1S/C22H16N4OS/c27-22(21-7-4-12-28-21)26-20(14-18(25-26)15-5-2-1-3-6-15)16-8-9-17-19(13-16)24-11-10-23-17/h1-13,20H,14H2/t20-/m1/s1. The molecule has 136 valence electrons. The molecule has 6 heteroatoms. The summed E-state index contributed by atoms with van der Waals surface area (Å²) in [6.07, 6.45) is 4.02. The van der Waals surface area contributed by atoms with Crippen molar-refractivity contribution in [3.63, 3.8) is 0 Å². The van der Waals surface area contributed by atoms with Gasteiger partial charge in [-0.25, -0.2) is 5.01 Å². The van der Waals surface area contributed by atoms with Crippen molar-refractivity contribution in [2.45, 2.75) is 12.5 Å². The summed E-state index contributed by atoms with van der Waals surface area (Å²) >= 11 is 1.43. The van der Waals surface area contributed by atoms with Crippen molar-refractivity contribution in [3.8, 4) is 0 Å². The van der Waals surface area contributed by atoms with Gasteiger partial charge in [0, 0.05) is 18.8 Å². The van der Waals surface area contributed by atoms with E-state index in [1.165, 1.54) is 11.3 Å². The van der Waals surface area contributed by atoms with E-state index in [1.807, 2.05) is 66.0 Å². The van der Waals surface area contributed by atoms with Crippen LogP contribution in [0.4, 0.5) is 0 Å². The first-order valence-electron chi connectivity index (χ1n) is 9.00. The van der Waals surface area contributed by atoms with Gasteiger partial charge in [-0.2, -0.15) is 5.10 Å². The van der Waals surface area contributed by atoms with Gasteiger partial charge in [0.05, 0.1) is 27.7 Å². The maximum Gasteiger partial charge on any atom is 0.284 e. The Morgan fingerprint density at radius 3 is 2.57 bits per heavy atom. The van der Waals surface area contributed by atoms with Gasteiger partial charge in [0.15, 0.2) is 0 Å². The second kappa shape index (κ2) is 6.98. The van der Waals surface area contributed by atoms with Gasteiger partial charge in [0.2, 0.25) is 0 Å². The number of benzene rings is 2. The first-order valence-corrected chi connectivity index (χ1v) is 9.88. The van der Waals surface area contributed by atoms with E-state index in [1.54, 1.807) is 17.4 Å². The molecule has 1 aliphatic rings. The van der Waals surface area contributed by atoms with E-state index in [9.17, 15) is 4.79 Å². The van der Waals surface area contributed by atoms with E-state index in [0.29, 0.717) is 11.3 Å². The zero-order chi connectivity index (χ0) is 18.9. The summed E-state index contributed by atoms with van der Waals surface area (Å²) in [5, 5.41) is 8.25. The Balaban J connectivity index is 1.57. The predicted octanol–water partition coefficient (Wildman–Crippen LogP) is 4.68. The highest BCUT2D eigenvalue weighted by atomic mass is 32.1. The van der Waals surface area contributed by atoms with Crippen LogP contribution in [0.15, 0.2) is 83.5 Å². The minimum atomic E-state index is -0.170. The minimum Gasteiger partial charge on any atom is -0.266 e. The van der Waals surface area contributed by atoms with E-state index >= 15 is 0 Å². The molecule has 0 saturated heterocycles. The Hall–Kier alpha value is -3.38. The Morgan fingerprint density at radius 2 is 1.79 bits per heavy atom. The van der Waals surface area contributed by atoms with Gasteiger partial charge in [-0.15, -0.1) is 11.3 Å². The van der Waals surface area contributed by atoms with Crippen molar-refractivity contribution in [3.05, 3.63) is 94.4 Å². The quantitative estimate of drug-likeness (QED) is 0.515. The van der Waals surface area contributed by atoms with Crippen LogP contribution in [0.2, 0.25) is 0 Å². The lowest BCUT2D eigenvalue weighted by Gasteiger charge is -2.21. The monoisotopic (exact) mass is 384 g/mol. The number of aromatic nitrogens is 2. The maximum atomic E-state index is 13.1. The third kappa shape index (κ3) is 2.97. The van der Waals surface area contributed by atoms with Crippen molar-refractivity contribution < 1.29 is 4.79 Å². The molecule has 2 aromatic heterocycles. The van der Waals surface area contributed by atoms with Gasteiger partial charge in [0.25, 0.3) is 5.91 Å². The van der Waals surface area contributed by atoms with Crippen molar-refractivity contribution in [1.82, 2.24) is 15.0 Å². The molecule has 0 fully saturated rings. The fraction of sp³-hybridized carbons (Fsp3) is 0.0909. The average molecular weight is 384 g/mol. The number of hydrogen-bond donors (Lipinski definition) is 0. The van der Waals surface area contributed by atoms with Gasteiger partial charge < -0.3 is 0 Å². The molecule has 1 aliphatic heterocycles. The topological polar surface area (TPSA) is 58.5 Å². The molecule has 28 heavy (non-hydrogen) atoms. The van der Waals surface area contributed by atoms with E-state index in [2.05, 4.69) is 9.97 Å². The molecule has 0 radical (unpaired) electrons. The van der Waals surface area contributed by atoms with E-state index in [4.69, 9.17) is 5.10 Å². The molecule has 0 saturated carbocycles. The molecule has 0 bridgehead atoms. The van der Waals surface area contributed by atoms with Crippen LogP contribution in [0.1, 0.15) is 33.3 Å². The number of amides is 1. The highest BCUT2D eigenvalue weighted by molar-refractivity contribution is 7.12. The lowest BCUT2D eigenvalue weighted by molar-refractivity contribution is 0.0716. The molecular weight excluding hydrogens is 368 g/mol. The summed E-state index contributed by atoms with van der Waals surface area (Å²) in [5.41, 5.74) is 4.61. The molecule has 1 atom stereocenters. The number of thiophene rings is 1. The zero-order valence-electron chi connectivity index (χ0n) is 14.9. The third-order valence-corrected chi connectivity index (χ3v) is 5.69. The lowest BCUT2D eigenvalue weighted by atomic mass is 9.98. The van der Waals surface area contributed by atoms with Crippen LogP contribution >= 0.6 is 11.3 Å². The summed E-state index contributed by atoms with van der Waals surface area (Å²) < 4.78 is 0. The van der Waals surface area contributed by atoms with Crippen LogP contribution in [-0.4, -0.2) is 26.6 Å². The smallest absolute Gasteiger partial charge is 0.266 e. The van der Waals surface area contributed by atoms with E-state index in [-0.39, 0.29) is 11.9 Å². The second-order valence-corrected chi connectivity index (χ2v) is 7.51. The Labute approximate surface area is 166 Å². The highest BCUT2D eigenvalue weighted by Gasteiger charge is 2.34. The Bertz CT molecular complexity index is 1170. The third-order valence-electron chi connectivity index (χ3n) is 4.84. The number of carbonyl (C=O) groups is 1. The van der Waals surface area contributed by atoms with Crippen LogP contribution in [-0.2, 0) is 0 Å². The minimum absolute atomic E-state index is 0.0785. The van der Waals surface area contributed by atoms with Crippen LogP contribution in [0.3, 0.4) is 0 Å². The summed E-state index contributed by atoms with van der Waals surface area (Å²) in [4.78, 5) is 22.6. The largest absolute Gasteiger partial charge is 0.284 e. The number of hydrogen-bond acceptors (Lipinski definition) is 5. The van der Waals surface area contributed by atoms with Crippen LogP contribution in [0.25, 0.3) is 11.0 Å². The van der Waals surface area contributed by atoms with Gasteiger partial charge in [-0.3, -0.25) is 14.8 Å². The summed E-state index contributed by atoms with van der Waals surface area (Å²) in [5.74, 6) is -0.0785. The Kier molecular flexibility index (Phi) is 4.18. The summed E-state index contributed by atoms with van der Waals surface area (Å²) in [6, 6.07) is 19.5. The van der Waals surface area contributed by atoms with Gasteiger partial charge in [-0.05, 0) is 34.7 Å². The van der Waals surface area contributed by atoms with Crippen molar-refractivity contribution in [1.29, 1.82) is 0 Å². The molecule has 5 rings (SSSR count). The fourth-order valence-electron chi connectivity index (χ4n) is 3.46. The number of carbonyl (C=O) groups excluding carboxylic acids is 1. The molecule has 0 spiro atoms. The van der Waals surface area contributed by atoms with Crippen molar-refractivity contribution in [2.75, 3.05) is 0 Å². The Morgan fingerprint density at radius 1 is 0.964 bits per heavy atom. The summed E-state index contributed by atoms with van der Waals surface area (Å²) in [6.45, 7) is 0. The molecule has 4 aromatic rings. The highest BCUT2D eigenvalue weighted by Crippen LogP contribution is 2.35. The van der Waals surface area contributed by atoms with Crippen LogP contribution in [0, 0.1) is 0 Å². The van der Waals surface area contributed by atoms with Crippen LogP contribution in [0.5, 0.6) is 0 Å². The number of hydrazone groups is 1. The van der Waals surface area contributed by atoms with Crippen molar-refractivity contribution >= 4 is 34.0 Å². The molecule has 1 amide bonds. The average Bonchev–Trinajstić information content (AvgIpc) is 3.44. The molecule has 5 nitrogen and oxygen atoms in total. The maximum absolute atomic E-state index is 13.1. The van der Waals surface area contributed by atoms with E-state index < -0.39 is 0 Å². The van der Waals surface area contributed by atoms with Gasteiger partial charge >= 0.3 is 0 Å². The predicted molar refractivity (Wildman–Crippen MR) is 110 cm³/mol. The summed E-state index contributed by atoms with van der Waals surface area (Å²) in [7, 11) is 0. The number of fused-ring (bicyclic) bond motifs is 1. The molecule has 3 heterocycles. The molecule has 0 unspecified atom stereocenters. The normalized spacial score (nSPS) is 16.4. The van der Waals surface area contributed by atoms with E-state index in [0.717, 1.165) is 27.9 Å². The SMILES string of the molecule is O=C(c1cccs1)N1N=C(c2ccccc2)C[C@@H]1c1ccc2nccnc2c1. The second-order valence-electron chi connectivity index (χ2n) is 6.56. The van der Waals surface area contributed by atoms with Crippen LogP contribution < -0.4 is 0 Å². The number of nitrogens with zero attached hydrogens (tertiary/aromatic N) is 4. The first-order chi connectivity index (χ1) is 13.8. The van der Waals surface area contributed by atoms with Crippen molar-refractivity contribution in [2.24, 2.45) is 5.10 Å². The lowest BCUT2D eigenvalue weighted by Crippen LogP contribution is -2.26. The molecular formula is C22H16N4OS. The molecule has 0 aliphatic carbocycles. The molecule has 2 aromatic carbocycles. The zero-order valence-corrected chi connectivity index (χ0v) is 15.7. The fourth-order valence-corrected chi connectivity index (χ4v) is 4.12. The van der Waals surface area contributed by atoms with Gasteiger partial charge in [0.1, 0.15) is 0 Å². The van der Waals surface area contributed by atoms with Gasteiger partial charge in [-0.1, -0.05) is 42.5 Å². The number of rotatable bonds is 3. The first kappa shape index (κ1) is 16.8. The molecule has 0 N–H and O–H groups in total.